The standard InChI is InChI=1S/C10H19ClO3Si/c1-5-9(12)13-7-8-14-10(6-2)15(3,4)11/h5,10H,1,6-8H2,2-4H3. The predicted molar refractivity (Wildman–Crippen MR) is 64.5 cm³/mol. The van der Waals surface area contributed by atoms with Crippen molar-refractivity contribution in [3.05, 3.63) is 12.7 Å². The minimum Gasteiger partial charge on any atom is -0.460 e. The molecule has 0 amide bonds. The average molecular weight is 251 g/mol. The van der Waals surface area contributed by atoms with Gasteiger partial charge in [-0.25, -0.2) is 4.79 Å². The highest BCUT2D eigenvalue weighted by molar-refractivity contribution is 7.19. The zero-order chi connectivity index (χ0) is 11.9. The lowest BCUT2D eigenvalue weighted by molar-refractivity contribution is -0.139. The first-order valence-corrected chi connectivity index (χ1v) is 9.10. The zero-order valence-corrected chi connectivity index (χ0v) is 11.3. The van der Waals surface area contributed by atoms with Gasteiger partial charge in [0.15, 0.2) is 7.38 Å². The summed E-state index contributed by atoms with van der Waals surface area (Å²) in [5.74, 6) is -0.422. The van der Waals surface area contributed by atoms with E-state index in [0.29, 0.717) is 6.61 Å². The summed E-state index contributed by atoms with van der Waals surface area (Å²) in [6.07, 6.45) is 2.02. The summed E-state index contributed by atoms with van der Waals surface area (Å²) in [5, 5.41) is 0. The zero-order valence-electron chi connectivity index (χ0n) is 9.59. The van der Waals surface area contributed by atoms with Crippen LogP contribution in [0.5, 0.6) is 0 Å². The molecule has 0 spiro atoms. The molecule has 0 heterocycles. The van der Waals surface area contributed by atoms with Crippen LogP contribution in [0.1, 0.15) is 13.3 Å². The van der Waals surface area contributed by atoms with Gasteiger partial charge in [-0.3, -0.25) is 0 Å². The van der Waals surface area contributed by atoms with Crippen LogP contribution in [0, 0.1) is 0 Å². The fourth-order valence-electron chi connectivity index (χ4n) is 1.19. The minimum absolute atomic E-state index is 0.0987. The van der Waals surface area contributed by atoms with Crippen molar-refractivity contribution in [1.82, 2.24) is 0 Å². The molecule has 0 aromatic heterocycles. The molecule has 1 atom stereocenters. The summed E-state index contributed by atoms with van der Waals surface area (Å²) < 4.78 is 10.4. The maximum atomic E-state index is 10.7. The van der Waals surface area contributed by atoms with Gasteiger partial charge >= 0.3 is 5.97 Å². The Kier molecular flexibility index (Phi) is 6.88. The lowest BCUT2D eigenvalue weighted by Crippen LogP contribution is -2.38. The van der Waals surface area contributed by atoms with Crippen molar-refractivity contribution in [2.45, 2.75) is 32.2 Å². The second-order valence-electron chi connectivity index (χ2n) is 3.70. The Morgan fingerprint density at radius 3 is 2.53 bits per heavy atom. The molecular formula is C10H19ClO3Si. The van der Waals surface area contributed by atoms with Crippen LogP contribution in [0.4, 0.5) is 0 Å². The molecule has 0 bridgehead atoms. The van der Waals surface area contributed by atoms with E-state index < -0.39 is 13.4 Å². The van der Waals surface area contributed by atoms with Crippen LogP contribution < -0.4 is 0 Å². The molecule has 0 radical (unpaired) electrons. The van der Waals surface area contributed by atoms with E-state index in [4.69, 9.17) is 20.6 Å². The quantitative estimate of drug-likeness (QED) is 0.229. The normalized spacial score (nSPS) is 13.3. The Morgan fingerprint density at radius 2 is 2.13 bits per heavy atom. The monoisotopic (exact) mass is 250 g/mol. The first-order valence-electron chi connectivity index (χ1n) is 5.01. The van der Waals surface area contributed by atoms with Crippen molar-refractivity contribution in [1.29, 1.82) is 0 Å². The highest BCUT2D eigenvalue weighted by Crippen LogP contribution is 2.19. The number of hydrogen-bond acceptors (Lipinski definition) is 3. The lowest BCUT2D eigenvalue weighted by atomic mass is 10.5. The number of rotatable bonds is 7. The average Bonchev–Trinajstić information content (AvgIpc) is 2.15. The molecule has 0 fully saturated rings. The lowest BCUT2D eigenvalue weighted by Gasteiger charge is -2.25. The number of carbonyl (C=O) groups is 1. The topological polar surface area (TPSA) is 35.5 Å². The van der Waals surface area contributed by atoms with Gasteiger partial charge in [0.25, 0.3) is 0 Å². The molecule has 0 aliphatic heterocycles. The van der Waals surface area contributed by atoms with Crippen LogP contribution in [0.2, 0.25) is 13.1 Å². The number of halogens is 1. The van der Waals surface area contributed by atoms with Gasteiger partial charge in [-0.15, -0.1) is 0 Å². The Balaban J connectivity index is 3.74. The summed E-state index contributed by atoms with van der Waals surface area (Å²) >= 11 is 6.26. The Hall–Kier alpha value is -0.323. The van der Waals surface area contributed by atoms with E-state index in [1.165, 1.54) is 0 Å². The predicted octanol–water partition coefficient (Wildman–Crippen LogP) is 2.49. The number of ether oxygens (including phenoxy) is 2. The molecule has 15 heavy (non-hydrogen) atoms. The maximum Gasteiger partial charge on any atom is 0.330 e. The van der Waals surface area contributed by atoms with E-state index in [0.717, 1.165) is 12.5 Å². The van der Waals surface area contributed by atoms with Crippen molar-refractivity contribution in [3.8, 4) is 0 Å². The van der Waals surface area contributed by atoms with Crippen LogP contribution in [0.15, 0.2) is 12.7 Å². The molecule has 0 N–H and O–H groups in total. The Morgan fingerprint density at radius 1 is 1.53 bits per heavy atom. The summed E-state index contributed by atoms with van der Waals surface area (Å²) in [7, 11) is -1.78. The maximum absolute atomic E-state index is 10.7. The molecule has 0 saturated heterocycles. The van der Waals surface area contributed by atoms with Gasteiger partial charge in [0.1, 0.15) is 6.61 Å². The Labute approximate surface area is 97.1 Å². The van der Waals surface area contributed by atoms with Crippen LogP contribution in [0.3, 0.4) is 0 Å². The Bertz CT molecular complexity index is 213. The molecule has 0 rings (SSSR count). The van der Waals surface area contributed by atoms with Gasteiger partial charge in [-0.2, -0.15) is 11.1 Å². The van der Waals surface area contributed by atoms with Gasteiger partial charge in [0, 0.05) is 6.08 Å². The van der Waals surface area contributed by atoms with E-state index in [2.05, 4.69) is 6.58 Å². The first-order chi connectivity index (χ1) is 6.91. The summed E-state index contributed by atoms with van der Waals surface area (Å²) in [4.78, 5) is 10.7. The van der Waals surface area contributed by atoms with E-state index in [-0.39, 0.29) is 12.3 Å². The highest BCUT2D eigenvalue weighted by Gasteiger charge is 2.29. The van der Waals surface area contributed by atoms with Crippen LogP contribution in [-0.2, 0) is 14.3 Å². The van der Waals surface area contributed by atoms with E-state index >= 15 is 0 Å². The molecule has 3 nitrogen and oxygen atoms in total. The second kappa shape index (κ2) is 7.03. The van der Waals surface area contributed by atoms with Crippen molar-refractivity contribution in [3.63, 3.8) is 0 Å². The summed E-state index contributed by atoms with van der Waals surface area (Å²) in [6.45, 7) is 10.1. The van der Waals surface area contributed by atoms with Crippen LogP contribution in [0.25, 0.3) is 0 Å². The van der Waals surface area contributed by atoms with Crippen molar-refractivity contribution in [2.75, 3.05) is 13.2 Å². The van der Waals surface area contributed by atoms with Crippen molar-refractivity contribution >= 4 is 24.4 Å². The molecule has 88 valence electrons. The smallest absolute Gasteiger partial charge is 0.330 e. The van der Waals surface area contributed by atoms with Gasteiger partial charge in [0.2, 0.25) is 0 Å². The fraction of sp³-hybridized carbons (Fsp3) is 0.700. The van der Waals surface area contributed by atoms with E-state index in [9.17, 15) is 4.79 Å². The molecule has 0 aromatic rings. The molecular weight excluding hydrogens is 232 g/mol. The fourth-order valence-corrected chi connectivity index (χ4v) is 3.33. The van der Waals surface area contributed by atoms with E-state index in [1.54, 1.807) is 0 Å². The number of esters is 1. The minimum atomic E-state index is -1.78. The second-order valence-corrected chi connectivity index (χ2v) is 10.4. The van der Waals surface area contributed by atoms with Crippen LogP contribution in [-0.4, -0.2) is 32.3 Å². The number of hydrogen-bond donors (Lipinski definition) is 0. The summed E-state index contributed by atoms with van der Waals surface area (Å²) in [6, 6.07) is 0. The molecule has 5 heteroatoms. The van der Waals surface area contributed by atoms with Crippen molar-refractivity contribution < 1.29 is 14.3 Å². The van der Waals surface area contributed by atoms with Gasteiger partial charge in [-0.05, 0) is 6.42 Å². The third-order valence-electron chi connectivity index (χ3n) is 1.95. The largest absolute Gasteiger partial charge is 0.460 e. The van der Waals surface area contributed by atoms with Crippen LogP contribution >= 0.6 is 11.1 Å². The molecule has 1 unspecified atom stereocenters. The van der Waals surface area contributed by atoms with Gasteiger partial charge in [0.05, 0.1) is 12.3 Å². The molecule has 0 aromatic carbocycles. The van der Waals surface area contributed by atoms with Crippen molar-refractivity contribution in [2.24, 2.45) is 0 Å². The highest BCUT2D eigenvalue weighted by atomic mass is 35.6. The molecule has 0 aliphatic rings. The van der Waals surface area contributed by atoms with E-state index in [1.807, 2.05) is 20.0 Å². The molecule has 0 aliphatic carbocycles. The third-order valence-corrected chi connectivity index (χ3v) is 4.79. The third kappa shape index (κ3) is 6.71. The van der Waals surface area contributed by atoms with Gasteiger partial charge < -0.3 is 9.47 Å². The number of carbonyl (C=O) groups excluding carboxylic acids is 1. The summed E-state index contributed by atoms with van der Waals surface area (Å²) in [5.41, 5.74) is 0.0987. The first kappa shape index (κ1) is 14.7. The van der Waals surface area contributed by atoms with Gasteiger partial charge in [-0.1, -0.05) is 26.6 Å². The molecule has 0 saturated carbocycles. The SMILES string of the molecule is C=CC(=O)OCCOC(CC)[Si](C)(C)Cl.